The van der Waals surface area contributed by atoms with Gasteiger partial charge in [0.2, 0.25) is 0 Å². The third-order valence-corrected chi connectivity index (χ3v) is 3.21. The average molecular weight is 206 g/mol. The van der Waals surface area contributed by atoms with Gasteiger partial charge in [-0.3, -0.25) is 0 Å². The van der Waals surface area contributed by atoms with Crippen LogP contribution in [0.4, 0.5) is 0 Å². The number of aromatic amines is 1. The van der Waals surface area contributed by atoms with E-state index in [4.69, 9.17) is 0 Å². The molecule has 1 N–H and O–H groups in total. The summed E-state index contributed by atoms with van der Waals surface area (Å²) in [5, 5.41) is 0. The third-order valence-electron chi connectivity index (χ3n) is 1.95. The Morgan fingerprint density at radius 1 is 1.43 bits per heavy atom. The molecule has 0 amide bonds. The smallest absolute Gasteiger partial charge is 0.305 e. The average Bonchev–Trinajstić information content (AvgIpc) is 2.66. The van der Waals surface area contributed by atoms with Gasteiger partial charge in [-0.25, -0.2) is 9.78 Å². The van der Waals surface area contributed by atoms with Crippen molar-refractivity contribution in [1.29, 1.82) is 0 Å². The molecule has 0 fully saturated rings. The monoisotopic (exact) mass is 206 g/mol. The van der Waals surface area contributed by atoms with E-state index in [1.54, 1.807) is 11.3 Å². The number of rotatable bonds is 2. The van der Waals surface area contributed by atoms with Crippen molar-refractivity contribution in [3.63, 3.8) is 0 Å². The molecule has 2 heterocycles. The molecule has 2 aromatic rings. The molecule has 0 atom stereocenters. The van der Waals surface area contributed by atoms with Crippen LogP contribution in [0.1, 0.15) is 11.8 Å². The van der Waals surface area contributed by atoms with Gasteiger partial charge in [0, 0.05) is 11.1 Å². The standard InChI is InChI=1S/C10H10N2OS/c1-2-7-3-4-9(14-7)8-5-6-11-10(13)12-8/h3-6H,2H2,1H3,(H,11,12,13). The number of hydrogen-bond donors (Lipinski definition) is 1. The lowest BCUT2D eigenvalue weighted by atomic mass is 10.3. The van der Waals surface area contributed by atoms with Crippen LogP contribution in [0.2, 0.25) is 0 Å². The lowest BCUT2D eigenvalue weighted by molar-refractivity contribution is 1.08. The largest absolute Gasteiger partial charge is 0.345 e. The van der Waals surface area contributed by atoms with Gasteiger partial charge in [-0.2, -0.15) is 0 Å². The summed E-state index contributed by atoms with van der Waals surface area (Å²) in [6.07, 6.45) is 2.56. The molecule has 3 nitrogen and oxygen atoms in total. The highest BCUT2D eigenvalue weighted by Crippen LogP contribution is 2.25. The van der Waals surface area contributed by atoms with Crippen molar-refractivity contribution in [3.8, 4) is 10.6 Å². The molecule has 4 heteroatoms. The topological polar surface area (TPSA) is 45.8 Å². The van der Waals surface area contributed by atoms with E-state index in [9.17, 15) is 4.79 Å². The number of aryl methyl sites for hydroxylation is 1. The van der Waals surface area contributed by atoms with Gasteiger partial charge in [-0.1, -0.05) is 6.92 Å². The van der Waals surface area contributed by atoms with Crippen molar-refractivity contribution in [3.05, 3.63) is 39.8 Å². The normalized spacial score (nSPS) is 10.4. The summed E-state index contributed by atoms with van der Waals surface area (Å²) in [5.74, 6) is 0. The highest BCUT2D eigenvalue weighted by molar-refractivity contribution is 7.15. The third kappa shape index (κ3) is 1.75. The van der Waals surface area contributed by atoms with E-state index in [2.05, 4.69) is 23.0 Å². The van der Waals surface area contributed by atoms with Gasteiger partial charge in [0.1, 0.15) is 0 Å². The Bertz CT molecular complexity index is 487. The predicted octanol–water partition coefficient (Wildman–Crippen LogP) is 2.06. The van der Waals surface area contributed by atoms with Gasteiger partial charge in [0.05, 0.1) is 10.6 Å². The maximum absolute atomic E-state index is 11.0. The SMILES string of the molecule is CCc1ccc(-c2ccnc(=O)[nH]2)s1. The molecular formula is C10H10N2OS. The Morgan fingerprint density at radius 3 is 2.93 bits per heavy atom. The first-order valence-electron chi connectivity index (χ1n) is 4.44. The zero-order valence-corrected chi connectivity index (χ0v) is 8.60. The van der Waals surface area contributed by atoms with E-state index in [-0.39, 0.29) is 5.69 Å². The first-order chi connectivity index (χ1) is 6.79. The molecule has 14 heavy (non-hydrogen) atoms. The molecular weight excluding hydrogens is 196 g/mol. The molecule has 2 aromatic heterocycles. The maximum atomic E-state index is 11.0. The highest BCUT2D eigenvalue weighted by atomic mass is 32.1. The molecule has 0 saturated heterocycles. The van der Waals surface area contributed by atoms with Crippen LogP contribution < -0.4 is 5.69 Å². The van der Waals surface area contributed by atoms with Crippen LogP contribution in [0.5, 0.6) is 0 Å². The zero-order valence-electron chi connectivity index (χ0n) is 7.78. The van der Waals surface area contributed by atoms with Gasteiger partial charge in [-0.15, -0.1) is 11.3 Å². The summed E-state index contributed by atoms with van der Waals surface area (Å²) in [4.78, 5) is 19.7. The number of H-pyrrole nitrogens is 1. The molecule has 0 aliphatic carbocycles. The second-order valence-electron chi connectivity index (χ2n) is 2.91. The van der Waals surface area contributed by atoms with Crippen LogP contribution >= 0.6 is 11.3 Å². The van der Waals surface area contributed by atoms with E-state index in [1.165, 1.54) is 11.1 Å². The molecule has 0 spiro atoms. The number of nitrogens with one attached hydrogen (secondary N) is 1. The van der Waals surface area contributed by atoms with Crippen molar-refractivity contribution in [2.45, 2.75) is 13.3 Å². The van der Waals surface area contributed by atoms with Gasteiger partial charge in [0.15, 0.2) is 0 Å². The highest BCUT2D eigenvalue weighted by Gasteiger charge is 2.01. The van der Waals surface area contributed by atoms with Crippen LogP contribution in [0.15, 0.2) is 29.2 Å². The summed E-state index contributed by atoms with van der Waals surface area (Å²) in [5.41, 5.74) is 0.545. The summed E-state index contributed by atoms with van der Waals surface area (Å²) < 4.78 is 0. The molecule has 0 bridgehead atoms. The molecule has 0 radical (unpaired) electrons. The van der Waals surface area contributed by atoms with Gasteiger partial charge < -0.3 is 4.98 Å². The second-order valence-corrected chi connectivity index (χ2v) is 4.08. The predicted molar refractivity (Wildman–Crippen MR) is 57.5 cm³/mol. The molecule has 0 aliphatic heterocycles. The van der Waals surface area contributed by atoms with Crippen LogP contribution in [-0.2, 0) is 6.42 Å². The second kappa shape index (κ2) is 3.75. The van der Waals surface area contributed by atoms with Crippen molar-refractivity contribution in [1.82, 2.24) is 9.97 Å². The number of nitrogens with zero attached hydrogens (tertiary/aromatic N) is 1. The van der Waals surface area contributed by atoms with Crippen molar-refractivity contribution in [2.24, 2.45) is 0 Å². The lowest BCUT2D eigenvalue weighted by Gasteiger charge is -1.94. The molecule has 0 saturated carbocycles. The fourth-order valence-corrected chi connectivity index (χ4v) is 2.15. The quantitative estimate of drug-likeness (QED) is 0.817. The first-order valence-corrected chi connectivity index (χ1v) is 5.25. The Morgan fingerprint density at radius 2 is 2.29 bits per heavy atom. The Hall–Kier alpha value is -1.42. The van der Waals surface area contributed by atoms with Gasteiger partial charge >= 0.3 is 5.69 Å². The number of aromatic nitrogens is 2. The Balaban J connectivity index is 2.44. The molecule has 0 aliphatic rings. The van der Waals surface area contributed by atoms with Crippen LogP contribution in [0.3, 0.4) is 0 Å². The molecule has 0 unspecified atom stereocenters. The fraction of sp³-hybridized carbons (Fsp3) is 0.200. The van der Waals surface area contributed by atoms with Crippen LogP contribution in [0, 0.1) is 0 Å². The number of thiophene rings is 1. The van der Waals surface area contributed by atoms with E-state index >= 15 is 0 Å². The van der Waals surface area contributed by atoms with Gasteiger partial charge in [-0.05, 0) is 24.6 Å². The van der Waals surface area contributed by atoms with Crippen molar-refractivity contribution >= 4 is 11.3 Å². The van der Waals surface area contributed by atoms with Crippen molar-refractivity contribution in [2.75, 3.05) is 0 Å². The van der Waals surface area contributed by atoms with Crippen molar-refractivity contribution < 1.29 is 0 Å². The first kappa shape index (κ1) is 9.15. The lowest BCUT2D eigenvalue weighted by Crippen LogP contribution is -2.08. The Labute approximate surface area is 85.5 Å². The van der Waals surface area contributed by atoms with Crippen LogP contribution in [-0.4, -0.2) is 9.97 Å². The Kier molecular flexibility index (Phi) is 2.45. The van der Waals surface area contributed by atoms with E-state index in [1.807, 2.05) is 12.1 Å². The minimum atomic E-state index is -0.297. The summed E-state index contributed by atoms with van der Waals surface area (Å²) >= 11 is 1.70. The van der Waals surface area contributed by atoms with Gasteiger partial charge in [0.25, 0.3) is 0 Å². The van der Waals surface area contributed by atoms with Crippen LogP contribution in [0.25, 0.3) is 10.6 Å². The molecule has 0 aromatic carbocycles. The minimum absolute atomic E-state index is 0.297. The molecule has 72 valence electrons. The van der Waals surface area contributed by atoms with E-state index in [0.717, 1.165) is 17.0 Å². The molecule has 2 rings (SSSR count). The maximum Gasteiger partial charge on any atom is 0.345 e. The minimum Gasteiger partial charge on any atom is -0.305 e. The number of hydrogen-bond acceptors (Lipinski definition) is 3. The summed E-state index contributed by atoms with van der Waals surface area (Å²) in [6.45, 7) is 2.12. The zero-order chi connectivity index (χ0) is 9.97. The summed E-state index contributed by atoms with van der Waals surface area (Å²) in [6, 6.07) is 5.92. The fourth-order valence-electron chi connectivity index (χ4n) is 1.23. The van der Waals surface area contributed by atoms with E-state index < -0.39 is 0 Å². The summed E-state index contributed by atoms with van der Waals surface area (Å²) in [7, 11) is 0. The van der Waals surface area contributed by atoms with E-state index in [0.29, 0.717) is 0 Å².